The van der Waals surface area contributed by atoms with Crippen LogP contribution < -0.4 is 20.7 Å². The van der Waals surface area contributed by atoms with Crippen LogP contribution in [-0.4, -0.2) is 97.8 Å². The van der Waals surface area contributed by atoms with Crippen LogP contribution in [0, 0.1) is 20.8 Å². The van der Waals surface area contributed by atoms with E-state index in [1.165, 1.54) is 18.2 Å². The predicted octanol–water partition coefficient (Wildman–Crippen LogP) is 5.26. The maximum atomic E-state index is 13.5. The summed E-state index contributed by atoms with van der Waals surface area (Å²) in [7, 11) is 0. The molecule has 0 bridgehead atoms. The van der Waals surface area contributed by atoms with E-state index in [1.54, 1.807) is 11.3 Å². The summed E-state index contributed by atoms with van der Waals surface area (Å²) in [6, 6.07) is 10.3. The van der Waals surface area contributed by atoms with Crippen LogP contribution in [0.5, 0.6) is 5.75 Å². The fourth-order valence-corrected chi connectivity index (χ4v) is 9.10. The van der Waals surface area contributed by atoms with E-state index in [4.69, 9.17) is 26.1 Å². The first-order valence-electron chi connectivity index (χ1n) is 20.4. The zero-order valence-electron chi connectivity index (χ0n) is 35.6. The topological polar surface area (TPSA) is 203 Å². The van der Waals surface area contributed by atoms with Gasteiger partial charge in [-0.1, -0.05) is 29.8 Å². The molecule has 3 aliphatic heterocycles. The molecule has 2 aromatic carbocycles. The maximum absolute atomic E-state index is 13.5. The molecule has 7 rings (SSSR count). The van der Waals surface area contributed by atoms with Crippen LogP contribution in [0.25, 0.3) is 5.00 Å². The van der Waals surface area contributed by atoms with E-state index >= 15 is 0 Å². The molecule has 326 valence electrons. The highest BCUT2D eigenvalue weighted by Crippen LogP contribution is 2.40. The zero-order chi connectivity index (χ0) is 44.7. The molecule has 5 heterocycles. The van der Waals surface area contributed by atoms with Crippen LogP contribution >= 0.6 is 22.9 Å². The number of thiophene rings is 1. The first-order chi connectivity index (χ1) is 29.3. The number of carbonyl (C=O) groups is 6. The van der Waals surface area contributed by atoms with Crippen molar-refractivity contribution in [1.82, 2.24) is 35.6 Å². The minimum atomic E-state index is -1.12. The van der Waals surface area contributed by atoms with Crippen molar-refractivity contribution < 1.29 is 38.2 Å². The number of rotatable bonds is 15. The number of nitrogens with zero attached hydrogens (tertiary/aromatic N) is 5. The van der Waals surface area contributed by atoms with Crippen LogP contribution in [0.3, 0.4) is 0 Å². The molecule has 2 aromatic heterocycles. The lowest BCUT2D eigenvalue weighted by Crippen LogP contribution is -2.54. The average molecular weight is 885 g/mol. The molecule has 3 aliphatic rings. The first-order valence-corrected chi connectivity index (χ1v) is 21.6. The summed E-state index contributed by atoms with van der Waals surface area (Å²) in [5.41, 5.74) is 2.46. The fraction of sp³-hybridized carbons (Fsp3) is 0.432. The van der Waals surface area contributed by atoms with E-state index in [-0.39, 0.29) is 42.0 Å². The minimum absolute atomic E-state index is 0.00150. The molecule has 2 atom stereocenters. The molecule has 6 amide bonds. The number of aromatic nitrogens is 3. The standard InChI is InChI=1S/C44H49ClN8O8S/c1-23-24(2)62-42-35(23)37(26-11-13-27(45)14-12-26)47-29(38-51-50-25(3)52(38)42)21-33(55)46-19-17-44(6,7)61-20-18-43(4,5)49-34(56)22-60-31-10-8-9-28-36(31)41(59)53(40(28)58)30-15-16-32(54)48-39(30)57/h8-14,29-30H,15-22H2,1-7H3,(H,46,55)(H,49,56)(H,48,54,57)/t29-,30?/m0/s1. The lowest BCUT2D eigenvalue weighted by atomic mass is 9.99. The molecule has 1 fully saturated rings. The molecule has 0 saturated carbocycles. The maximum Gasteiger partial charge on any atom is 0.266 e. The van der Waals surface area contributed by atoms with Gasteiger partial charge in [-0.05, 0) is 97.6 Å². The van der Waals surface area contributed by atoms with Gasteiger partial charge in [-0.2, -0.15) is 0 Å². The number of hydrogen-bond donors (Lipinski definition) is 3. The highest BCUT2D eigenvalue weighted by molar-refractivity contribution is 7.15. The Hall–Kier alpha value is -5.78. The summed E-state index contributed by atoms with van der Waals surface area (Å²) < 4.78 is 14.0. The monoisotopic (exact) mass is 884 g/mol. The van der Waals surface area contributed by atoms with E-state index in [0.717, 1.165) is 37.2 Å². The lowest BCUT2D eigenvalue weighted by molar-refractivity contribution is -0.136. The Balaban J connectivity index is 0.897. The van der Waals surface area contributed by atoms with Gasteiger partial charge in [-0.3, -0.25) is 48.5 Å². The van der Waals surface area contributed by atoms with Crippen molar-refractivity contribution in [2.24, 2.45) is 4.99 Å². The molecule has 1 saturated heterocycles. The smallest absolute Gasteiger partial charge is 0.266 e. The van der Waals surface area contributed by atoms with Gasteiger partial charge in [-0.25, -0.2) is 0 Å². The number of ether oxygens (including phenoxy) is 2. The third-order valence-corrected chi connectivity index (χ3v) is 12.7. The third kappa shape index (κ3) is 9.20. The molecular weight excluding hydrogens is 836 g/mol. The number of amides is 6. The number of fused-ring (bicyclic) bond motifs is 4. The summed E-state index contributed by atoms with van der Waals surface area (Å²) in [5.74, 6) is -1.88. The van der Waals surface area contributed by atoms with Crippen molar-refractivity contribution in [3.63, 3.8) is 0 Å². The molecule has 1 unspecified atom stereocenters. The number of piperidine rings is 1. The molecule has 0 spiro atoms. The summed E-state index contributed by atoms with van der Waals surface area (Å²) >= 11 is 7.89. The Morgan fingerprint density at radius 3 is 2.42 bits per heavy atom. The quantitative estimate of drug-likeness (QED) is 0.132. The minimum Gasteiger partial charge on any atom is -0.483 e. The van der Waals surface area contributed by atoms with Crippen molar-refractivity contribution in [2.45, 2.75) is 104 Å². The van der Waals surface area contributed by atoms with E-state index in [0.29, 0.717) is 42.7 Å². The van der Waals surface area contributed by atoms with Gasteiger partial charge in [0, 0.05) is 46.1 Å². The van der Waals surface area contributed by atoms with Gasteiger partial charge in [0.2, 0.25) is 17.7 Å². The van der Waals surface area contributed by atoms with Gasteiger partial charge in [-0.15, -0.1) is 21.5 Å². The second kappa shape index (κ2) is 17.5. The van der Waals surface area contributed by atoms with E-state index in [1.807, 2.05) is 63.5 Å². The number of halogens is 1. The molecular formula is C44H49ClN8O8S. The molecule has 3 N–H and O–H groups in total. The summed E-state index contributed by atoms with van der Waals surface area (Å²) in [5, 5.41) is 18.6. The Labute approximate surface area is 367 Å². The largest absolute Gasteiger partial charge is 0.483 e. The second-order valence-corrected chi connectivity index (χ2v) is 18.6. The van der Waals surface area contributed by atoms with E-state index in [2.05, 4.69) is 40.0 Å². The average Bonchev–Trinajstić information content (AvgIpc) is 3.78. The molecule has 0 radical (unpaired) electrons. The van der Waals surface area contributed by atoms with Gasteiger partial charge >= 0.3 is 0 Å². The highest BCUT2D eigenvalue weighted by atomic mass is 35.5. The molecule has 18 heteroatoms. The zero-order valence-corrected chi connectivity index (χ0v) is 37.2. The summed E-state index contributed by atoms with van der Waals surface area (Å²) in [6.07, 6.45) is 1.04. The van der Waals surface area contributed by atoms with E-state index < -0.39 is 59.4 Å². The van der Waals surface area contributed by atoms with Crippen LogP contribution in [0.15, 0.2) is 47.5 Å². The summed E-state index contributed by atoms with van der Waals surface area (Å²) in [4.78, 5) is 84.4. The number of aliphatic imine (C=N–C) groups is 1. The lowest BCUT2D eigenvalue weighted by Gasteiger charge is -2.30. The number of carbonyl (C=O) groups excluding carboxylic acids is 6. The van der Waals surface area contributed by atoms with Crippen molar-refractivity contribution >= 4 is 64.1 Å². The van der Waals surface area contributed by atoms with Crippen molar-refractivity contribution in [3.8, 4) is 10.8 Å². The van der Waals surface area contributed by atoms with E-state index in [9.17, 15) is 28.8 Å². The van der Waals surface area contributed by atoms with Gasteiger partial charge in [0.05, 0.1) is 28.9 Å². The predicted molar refractivity (Wildman–Crippen MR) is 231 cm³/mol. The Kier molecular flexibility index (Phi) is 12.5. The summed E-state index contributed by atoms with van der Waals surface area (Å²) in [6.45, 7) is 13.8. The molecule has 16 nitrogen and oxygen atoms in total. The normalized spacial score (nSPS) is 17.5. The highest BCUT2D eigenvalue weighted by Gasteiger charge is 2.46. The van der Waals surface area contributed by atoms with Crippen molar-refractivity contribution in [1.29, 1.82) is 0 Å². The number of benzene rings is 2. The van der Waals surface area contributed by atoms with Crippen LogP contribution in [0.4, 0.5) is 0 Å². The number of hydrogen-bond acceptors (Lipinski definition) is 12. The Morgan fingerprint density at radius 1 is 0.952 bits per heavy atom. The Bertz CT molecular complexity index is 2510. The van der Waals surface area contributed by atoms with Crippen LogP contribution in [0.2, 0.25) is 5.02 Å². The van der Waals surface area contributed by atoms with Crippen molar-refractivity contribution in [3.05, 3.63) is 91.8 Å². The first kappa shape index (κ1) is 44.3. The van der Waals surface area contributed by atoms with Crippen molar-refractivity contribution in [2.75, 3.05) is 19.8 Å². The SMILES string of the molecule is Cc1sc2c(c1C)C(c1ccc(Cl)cc1)=N[C@@H](CC(=O)NCCC(C)(C)OCCC(C)(C)NC(=O)COc1cccc3c1C(=O)N(C1CCC(=O)NC1=O)C3=O)c1nnc(C)n1-2. The van der Waals surface area contributed by atoms with Gasteiger partial charge in [0.15, 0.2) is 12.4 Å². The third-order valence-electron chi connectivity index (χ3n) is 11.3. The van der Waals surface area contributed by atoms with Gasteiger partial charge in [0.1, 0.15) is 28.7 Å². The van der Waals surface area contributed by atoms with Crippen LogP contribution in [0.1, 0.15) is 120 Å². The Morgan fingerprint density at radius 2 is 1.69 bits per heavy atom. The van der Waals surface area contributed by atoms with Crippen LogP contribution in [-0.2, 0) is 23.9 Å². The second-order valence-electron chi connectivity index (χ2n) is 16.9. The number of nitrogens with one attached hydrogen (secondary N) is 3. The van der Waals surface area contributed by atoms with Gasteiger partial charge < -0.3 is 20.1 Å². The number of imide groups is 2. The molecule has 4 aromatic rings. The fourth-order valence-electron chi connectivity index (χ4n) is 7.76. The number of aryl methyl sites for hydroxylation is 2. The van der Waals surface area contributed by atoms with Gasteiger partial charge in [0.25, 0.3) is 17.7 Å². The molecule has 62 heavy (non-hydrogen) atoms. The molecule has 0 aliphatic carbocycles.